The fourth-order valence-electron chi connectivity index (χ4n) is 2.13. The van der Waals surface area contributed by atoms with E-state index in [4.69, 9.17) is 9.47 Å². The van der Waals surface area contributed by atoms with E-state index in [2.05, 4.69) is 5.10 Å². The van der Waals surface area contributed by atoms with Gasteiger partial charge in [-0.15, -0.1) is 0 Å². The number of benzene rings is 2. The van der Waals surface area contributed by atoms with Gasteiger partial charge in [0.2, 0.25) is 0 Å². The van der Waals surface area contributed by atoms with Crippen molar-refractivity contribution < 1.29 is 14.3 Å². The molecule has 5 nitrogen and oxygen atoms in total. The quantitative estimate of drug-likeness (QED) is 0.679. The number of nitrogens with zero attached hydrogens (tertiary/aromatic N) is 2. The average molecular weight is 308 g/mol. The van der Waals surface area contributed by atoms with Crippen LogP contribution in [0.5, 0.6) is 5.75 Å². The van der Waals surface area contributed by atoms with E-state index in [0.717, 1.165) is 17.0 Å². The van der Waals surface area contributed by atoms with Crippen molar-refractivity contribution in [2.75, 3.05) is 7.11 Å². The molecule has 0 amide bonds. The van der Waals surface area contributed by atoms with Crippen LogP contribution in [0.1, 0.15) is 15.9 Å². The molecule has 1 heterocycles. The molecule has 1 aromatic heterocycles. The van der Waals surface area contributed by atoms with Crippen LogP contribution in [-0.2, 0) is 11.3 Å². The lowest BCUT2D eigenvalue weighted by atomic mass is 10.2. The largest absolute Gasteiger partial charge is 0.497 e. The molecule has 0 unspecified atom stereocenters. The van der Waals surface area contributed by atoms with Gasteiger partial charge in [-0.2, -0.15) is 5.10 Å². The molecule has 0 N–H and O–H groups in total. The molecular formula is C18H16N2O3. The minimum Gasteiger partial charge on any atom is -0.497 e. The van der Waals surface area contributed by atoms with Gasteiger partial charge >= 0.3 is 5.97 Å². The highest BCUT2D eigenvalue weighted by Gasteiger charge is 2.08. The molecule has 5 heteroatoms. The van der Waals surface area contributed by atoms with Crippen molar-refractivity contribution in [3.05, 3.63) is 78.1 Å². The van der Waals surface area contributed by atoms with Crippen LogP contribution in [0, 0.1) is 0 Å². The third kappa shape index (κ3) is 3.58. The van der Waals surface area contributed by atoms with Gasteiger partial charge in [0.15, 0.2) is 0 Å². The predicted octanol–water partition coefficient (Wildman–Crippen LogP) is 3.24. The fourth-order valence-corrected chi connectivity index (χ4v) is 2.13. The van der Waals surface area contributed by atoms with Crippen molar-refractivity contribution in [1.29, 1.82) is 0 Å². The highest BCUT2D eigenvalue weighted by atomic mass is 16.5. The van der Waals surface area contributed by atoms with Crippen LogP contribution in [-0.4, -0.2) is 22.9 Å². The molecule has 0 radical (unpaired) electrons. The maximum Gasteiger partial charge on any atom is 0.338 e. The maximum absolute atomic E-state index is 12.1. The van der Waals surface area contributed by atoms with E-state index in [1.807, 2.05) is 48.7 Å². The van der Waals surface area contributed by atoms with Crippen LogP contribution in [0.4, 0.5) is 0 Å². The van der Waals surface area contributed by atoms with E-state index in [-0.39, 0.29) is 12.6 Å². The van der Waals surface area contributed by atoms with Gasteiger partial charge in [-0.3, -0.25) is 0 Å². The third-order valence-electron chi connectivity index (χ3n) is 3.40. The second kappa shape index (κ2) is 6.79. The van der Waals surface area contributed by atoms with E-state index in [1.165, 1.54) is 0 Å². The van der Waals surface area contributed by atoms with Crippen LogP contribution >= 0.6 is 0 Å². The lowest BCUT2D eigenvalue weighted by molar-refractivity contribution is 0.0472. The van der Waals surface area contributed by atoms with Gasteiger partial charge in [-0.05, 0) is 48.0 Å². The number of carbonyl (C=O) groups is 1. The van der Waals surface area contributed by atoms with E-state index in [9.17, 15) is 4.79 Å². The van der Waals surface area contributed by atoms with Crippen molar-refractivity contribution in [2.45, 2.75) is 6.61 Å². The summed E-state index contributed by atoms with van der Waals surface area (Å²) in [6.45, 7) is 0.226. The summed E-state index contributed by atoms with van der Waals surface area (Å²) < 4.78 is 12.1. The molecule has 23 heavy (non-hydrogen) atoms. The fraction of sp³-hybridized carbons (Fsp3) is 0.111. The zero-order valence-corrected chi connectivity index (χ0v) is 12.7. The second-order valence-corrected chi connectivity index (χ2v) is 4.92. The molecule has 0 bridgehead atoms. The Morgan fingerprint density at radius 2 is 1.83 bits per heavy atom. The van der Waals surface area contributed by atoms with Gasteiger partial charge in [0.25, 0.3) is 0 Å². The molecule has 0 saturated carbocycles. The Morgan fingerprint density at radius 3 is 2.43 bits per heavy atom. The van der Waals surface area contributed by atoms with E-state index in [1.54, 1.807) is 30.1 Å². The molecule has 0 spiro atoms. The summed E-state index contributed by atoms with van der Waals surface area (Å²) in [5, 5.41) is 4.14. The number of ether oxygens (including phenoxy) is 2. The molecule has 2 aromatic carbocycles. The Kier molecular flexibility index (Phi) is 4.38. The Bertz CT molecular complexity index is 763. The van der Waals surface area contributed by atoms with Crippen LogP contribution in [0.3, 0.4) is 0 Å². The van der Waals surface area contributed by atoms with E-state index in [0.29, 0.717) is 5.56 Å². The van der Waals surface area contributed by atoms with E-state index < -0.39 is 0 Å². The number of rotatable bonds is 5. The molecule has 0 fully saturated rings. The number of esters is 1. The summed E-state index contributed by atoms with van der Waals surface area (Å²) in [4.78, 5) is 12.1. The first-order valence-electron chi connectivity index (χ1n) is 7.16. The smallest absolute Gasteiger partial charge is 0.338 e. The SMILES string of the molecule is COc1ccc(COC(=O)c2ccc(-n3cccn3)cc2)cc1. The molecule has 116 valence electrons. The summed E-state index contributed by atoms with van der Waals surface area (Å²) in [5.74, 6) is 0.419. The molecule has 3 aromatic rings. The number of aromatic nitrogens is 2. The summed E-state index contributed by atoms with van der Waals surface area (Å²) in [7, 11) is 1.61. The van der Waals surface area contributed by atoms with Gasteiger partial charge in [0.05, 0.1) is 18.4 Å². The number of methoxy groups -OCH3 is 1. The van der Waals surface area contributed by atoms with Crippen molar-refractivity contribution in [1.82, 2.24) is 9.78 Å². The number of hydrogen-bond donors (Lipinski definition) is 0. The maximum atomic E-state index is 12.1. The summed E-state index contributed by atoms with van der Waals surface area (Å²) in [6, 6.07) is 16.4. The topological polar surface area (TPSA) is 53.4 Å². The summed E-state index contributed by atoms with van der Waals surface area (Å²) in [5.41, 5.74) is 2.31. The van der Waals surface area contributed by atoms with Crippen LogP contribution in [0.2, 0.25) is 0 Å². The van der Waals surface area contributed by atoms with Gasteiger partial charge < -0.3 is 9.47 Å². The van der Waals surface area contributed by atoms with Crippen molar-refractivity contribution in [3.8, 4) is 11.4 Å². The highest BCUT2D eigenvalue weighted by Crippen LogP contribution is 2.14. The van der Waals surface area contributed by atoms with Gasteiger partial charge in [0.1, 0.15) is 12.4 Å². The minimum atomic E-state index is -0.354. The Hall–Kier alpha value is -3.08. The molecule has 0 aliphatic carbocycles. The monoisotopic (exact) mass is 308 g/mol. The van der Waals surface area contributed by atoms with Gasteiger partial charge in [0, 0.05) is 12.4 Å². The van der Waals surface area contributed by atoms with Crippen LogP contribution in [0.15, 0.2) is 67.0 Å². The number of hydrogen-bond acceptors (Lipinski definition) is 4. The predicted molar refractivity (Wildman–Crippen MR) is 85.7 cm³/mol. The molecule has 0 saturated heterocycles. The van der Waals surface area contributed by atoms with Crippen LogP contribution in [0.25, 0.3) is 5.69 Å². The van der Waals surface area contributed by atoms with Crippen LogP contribution < -0.4 is 4.74 Å². The Labute approximate surface area is 134 Å². The minimum absolute atomic E-state index is 0.226. The molecule has 0 aliphatic heterocycles. The van der Waals surface area contributed by atoms with Crippen molar-refractivity contribution in [2.24, 2.45) is 0 Å². The first kappa shape index (κ1) is 14.8. The standard InChI is InChI=1S/C18H16N2O3/c1-22-17-9-3-14(4-10-17)13-23-18(21)15-5-7-16(8-6-15)20-12-2-11-19-20/h2-12H,13H2,1H3. The molecule has 3 rings (SSSR count). The Morgan fingerprint density at radius 1 is 1.09 bits per heavy atom. The Balaban J connectivity index is 1.61. The second-order valence-electron chi connectivity index (χ2n) is 4.92. The first-order chi connectivity index (χ1) is 11.3. The summed E-state index contributed by atoms with van der Waals surface area (Å²) in [6.07, 6.45) is 3.55. The van der Waals surface area contributed by atoms with E-state index >= 15 is 0 Å². The normalized spacial score (nSPS) is 10.3. The zero-order valence-electron chi connectivity index (χ0n) is 12.7. The average Bonchev–Trinajstić information content (AvgIpc) is 3.15. The van der Waals surface area contributed by atoms with Gasteiger partial charge in [-0.1, -0.05) is 12.1 Å². The highest BCUT2D eigenvalue weighted by molar-refractivity contribution is 5.89. The van der Waals surface area contributed by atoms with Crippen molar-refractivity contribution >= 4 is 5.97 Å². The number of carbonyl (C=O) groups excluding carboxylic acids is 1. The van der Waals surface area contributed by atoms with Gasteiger partial charge in [-0.25, -0.2) is 9.48 Å². The summed E-state index contributed by atoms with van der Waals surface area (Å²) >= 11 is 0. The lowest BCUT2D eigenvalue weighted by Crippen LogP contribution is -2.05. The third-order valence-corrected chi connectivity index (χ3v) is 3.40. The molecular weight excluding hydrogens is 292 g/mol. The van der Waals surface area contributed by atoms with Crippen molar-refractivity contribution in [3.63, 3.8) is 0 Å². The zero-order chi connectivity index (χ0) is 16.1. The molecule has 0 atom stereocenters. The molecule has 0 aliphatic rings. The first-order valence-corrected chi connectivity index (χ1v) is 7.16. The lowest BCUT2D eigenvalue weighted by Gasteiger charge is -2.07.